The lowest BCUT2D eigenvalue weighted by atomic mass is 10.0. The van der Waals surface area contributed by atoms with Gasteiger partial charge in [-0.1, -0.05) is 0 Å². The van der Waals surface area contributed by atoms with Crippen LogP contribution in [0.25, 0.3) is 0 Å². The molecule has 0 amide bonds. The maximum Gasteiger partial charge on any atom is 0.303 e. The van der Waals surface area contributed by atoms with Crippen LogP contribution >= 0.6 is 0 Å². The molecule has 4 heteroatoms. The predicted octanol–water partition coefficient (Wildman–Crippen LogP) is 1.21. The molecule has 15 heavy (non-hydrogen) atoms. The Morgan fingerprint density at radius 2 is 2.20 bits per heavy atom. The smallest absolute Gasteiger partial charge is 0.303 e. The van der Waals surface area contributed by atoms with Crippen LogP contribution < -0.4 is 0 Å². The lowest BCUT2D eigenvalue weighted by Gasteiger charge is -2.22. The van der Waals surface area contributed by atoms with Gasteiger partial charge in [-0.15, -0.1) is 0 Å². The summed E-state index contributed by atoms with van der Waals surface area (Å²) in [6, 6.07) is 0. The highest BCUT2D eigenvalue weighted by molar-refractivity contribution is 5.68. The molecule has 0 atom stereocenters. The fourth-order valence-electron chi connectivity index (χ4n) is 1.90. The van der Waals surface area contributed by atoms with Crippen molar-refractivity contribution in [1.29, 1.82) is 0 Å². The molecule has 1 aliphatic carbocycles. The molecule has 1 N–H and O–H groups in total. The van der Waals surface area contributed by atoms with Gasteiger partial charge < -0.3 is 14.7 Å². The van der Waals surface area contributed by atoms with Gasteiger partial charge in [0.2, 0.25) is 0 Å². The van der Waals surface area contributed by atoms with Gasteiger partial charge in [0.25, 0.3) is 0 Å². The maximum atomic E-state index is 10.7. The molecule has 4 nitrogen and oxygen atoms in total. The third kappa shape index (κ3) is 4.62. The van der Waals surface area contributed by atoms with Gasteiger partial charge in [-0.25, -0.2) is 0 Å². The number of aliphatic carboxylic acids is 1. The van der Waals surface area contributed by atoms with E-state index in [1.54, 1.807) is 0 Å². The number of hydrogen-bond acceptors (Lipinski definition) is 3. The van der Waals surface area contributed by atoms with Gasteiger partial charge in [0.15, 0.2) is 0 Å². The minimum Gasteiger partial charge on any atom is -0.481 e. The Bertz CT molecular complexity index is 214. The average Bonchev–Trinajstić information content (AvgIpc) is 2.83. The van der Waals surface area contributed by atoms with Crippen molar-refractivity contribution in [3.63, 3.8) is 0 Å². The van der Waals surface area contributed by atoms with Gasteiger partial charge in [0.1, 0.15) is 0 Å². The van der Waals surface area contributed by atoms with E-state index in [4.69, 9.17) is 9.84 Å². The van der Waals surface area contributed by atoms with Crippen molar-refractivity contribution in [2.75, 3.05) is 33.4 Å². The average molecular weight is 215 g/mol. The van der Waals surface area contributed by atoms with Crippen molar-refractivity contribution >= 4 is 5.97 Å². The van der Waals surface area contributed by atoms with E-state index in [2.05, 4.69) is 4.90 Å². The molecule has 0 aromatic rings. The normalized spacial score (nSPS) is 18.1. The Labute approximate surface area is 91.2 Å². The largest absolute Gasteiger partial charge is 0.481 e. The molecule has 1 rings (SSSR count). The lowest BCUT2D eigenvalue weighted by Crippen LogP contribution is -2.31. The Kier molecular flexibility index (Phi) is 4.54. The van der Waals surface area contributed by atoms with Crippen LogP contribution in [0.1, 0.15) is 26.2 Å². The van der Waals surface area contributed by atoms with E-state index in [0.29, 0.717) is 6.42 Å². The summed E-state index contributed by atoms with van der Waals surface area (Å²) in [4.78, 5) is 12.8. The number of hydrogen-bond donors (Lipinski definition) is 1. The number of rotatable bonds is 8. The van der Waals surface area contributed by atoms with Crippen molar-refractivity contribution in [3.05, 3.63) is 0 Å². The number of ether oxygens (including phenoxy) is 1. The van der Waals surface area contributed by atoms with Crippen LogP contribution in [0.5, 0.6) is 0 Å². The second kappa shape index (κ2) is 5.47. The molecule has 0 unspecified atom stereocenters. The molecule has 1 fully saturated rings. The molecule has 0 saturated heterocycles. The van der Waals surface area contributed by atoms with E-state index in [9.17, 15) is 4.79 Å². The first-order valence-electron chi connectivity index (χ1n) is 5.56. The van der Waals surface area contributed by atoms with Crippen molar-refractivity contribution in [1.82, 2.24) is 4.90 Å². The van der Waals surface area contributed by atoms with E-state index in [-0.39, 0.29) is 5.41 Å². The SMILES string of the molecule is CCOCCN(C)CC1(CC(=O)O)CC1. The Morgan fingerprint density at radius 1 is 1.53 bits per heavy atom. The van der Waals surface area contributed by atoms with Gasteiger partial charge >= 0.3 is 5.97 Å². The van der Waals surface area contributed by atoms with Crippen molar-refractivity contribution in [2.24, 2.45) is 5.41 Å². The number of likely N-dealkylation sites (N-methyl/N-ethyl adjacent to an activating group) is 1. The second-order valence-electron chi connectivity index (χ2n) is 4.51. The van der Waals surface area contributed by atoms with Crippen molar-refractivity contribution in [2.45, 2.75) is 26.2 Å². The molecule has 0 aliphatic heterocycles. The summed E-state index contributed by atoms with van der Waals surface area (Å²) in [5.74, 6) is -0.675. The Balaban J connectivity index is 2.19. The minimum atomic E-state index is -0.675. The minimum absolute atomic E-state index is 0.0623. The maximum absolute atomic E-state index is 10.7. The highest BCUT2D eigenvalue weighted by Crippen LogP contribution is 2.49. The fourth-order valence-corrected chi connectivity index (χ4v) is 1.90. The molecule has 0 bridgehead atoms. The Morgan fingerprint density at radius 3 is 2.67 bits per heavy atom. The zero-order valence-electron chi connectivity index (χ0n) is 9.66. The predicted molar refractivity (Wildman–Crippen MR) is 57.9 cm³/mol. The topological polar surface area (TPSA) is 49.8 Å². The van der Waals surface area contributed by atoms with Crippen LogP contribution in [0.4, 0.5) is 0 Å². The molecule has 88 valence electrons. The van der Waals surface area contributed by atoms with Gasteiger partial charge in [-0.3, -0.25) is 4.79 Å². The molecule has 0 radical (unpaired) electrons. The molecule has 1 saturated carbocycles. The molecule has 0 aromatic carbocycles. The summed E-state index contributed by atoms with van der Waals surface area (Å²) in [6.45, 7) is 5.22. The van der Waals surface area contributed by atoms with Crippen LogP contribution in [0.15, 0.2) is 0 Å². The number of carboxylic acid groups (broad SMARTS) is 1. The number of nitrogens with zero attached hydrogens (tertiary/aromatic N) is 1. The van der Waals surface area contributed by atoms with E-state index in [1.807, 2.05) is 14.0 Å². The molecule has 0 heterocycles. The molecule has 0 spiro atoms. The van der Waals surface area contributed by atoms with Crippen LogP contribution in [-0.4, -0.2) is 49.3 Å². The van der Waals surface area contributed by atoms with Crippen LogP contribution in [-0.2, 0) is 9.53 Å². The van der Waals surface area contributed by atoms with E-state index >= 15 is 0 Å². The zero-order chi connectivity index (χ0) is 11.3. The Hall–Kier alpha value is -0.610. The highest BCUT2D eigenvalue weighted by Gasteiger charge is 2.44. The zero-order valence-corrected chi connectivity index (χ0v) is 9.66. The molecular formula is C11H21NO3. The first-order valence-corrected chi connectivity index (χ1v) is 5.56. The van der Waals surface area contributed by atoms with Gasteiger partial charge in [0.05, 0.1) is 13.0 Å². The second-order valence-corrected chi connectivity index (χ2v) is 4.51. The van der Waals surface area contributed by atoms with Crippen molar-refractivity contribution < 1.29 is 14.6 Å². The summed E-state index contributed by atoms with van der Waals surface area (Å²) in [5, 5.41) is 8.77. The number of carbonyl (C=O) groups is 1. The molecule has 0 aromatic heterocycles. The van der Waals surface area contributed by atoms with Crippen LogP contribution in [0.2, 0.25) is 0 Å². The lowest BCUT2D eigenvalue weighted by molar-refractivity contribution is -0.138. The van der Waals surface area contributed by atoms with Crippen LogP contribution in [0, 0.1) is 5.41 Å². The monoisotopic (exact) mass is 215 g/mol. The first-order chi connectivity index (χ1) is 7.08. The van der Waals surface area contributed by atoms with E-state index in [0.717, 1.165) is 39.1 Å². The third-order valence-corrected chi connectivity index (χ3v) is 2.91. The summed E-state index contributed by atoms with van der Waals surface area (Å²) in [5.41, 5.74) is 0.0623. The van der Waals surface area contributed by atoms with E-state index < -0.39 is 5.97 Å². The summed E-state index contributed by atoms with van der Waals surface area (Å²) in [7, 11) is 2.03. The number of carboxylic acids is 1. The highest BCUT2D eigenvalue weighted by atomic mass is 16.5. The summed E-state index contributed by atoms with van der Waals surface area (Å²) >= 11 is 0. The fraction of sp³-hybridized carbons (Fsp3) is 0.909. The van der Waals surface area contributed by atoms with Gasteiger partial charge in [0, 0.05) is 19.7 Å². The van der Waals surface area contributed by atoms with E-state index in [1.165, 1.54) is 0 Å². The summed E-state index contributed by atoms with van der Waals surface area (Å²) in [6.07, 6.45) is 2.42. The summed E-state index contributed by atoms with van der Waals surface area (Å²) < 4.78 is 5.26. The van der Waals surface area contributed by atoms with Gasteiger partial charge in [-0.05, 0) is 32.2 Å². The quantitative estimate of drug-likeness (QED) is 0.618. The third-order valence-electron chi connectivity index (χ3n) is 2.91. The van der Waals surface area contributed by atoms with Crippen LogP contribution in [0.3, 0.4) is 0 Å². The first kappa shape index (κ1) is 12.5. The van der Waals surface area contributed by atoms with Crippen molar-refractivity contribution in [3.8, 4) is 0 Å². The molecule has 1 aliphatic rings. The van der Waals surface area contributed by atoms with Gasteiger partial charge in [-0.2, -0.15) is 0 Å². The standard InChI is InChI=1S/C11H21NO3/c1-3-15-7-6-12(2)9-11(4-5-11)8-10(13)14/h3-9H2,1-2H3,(H,13,14). The molecular weight excluding hydrogens is 194 g/mol.